The minimum absolute atomic E-state index is 0.0423. The molecule has 3 heterocycles. The van der Waals surface area contributed by atoms with Crippen LogP contribution in [0.25, 0.3) is 11.4 Å². The molecule has 4 amide bonds. The number of fused-ring (bicyclic) bond motifs is 1. The SMILES string of the molecule is CCCCOC(=O)N1CCN(C(=O)[C@@H](NC(=O)c2cc(N3CC4C(C3)C4NC(=O)OC(C)(C)C)nc(-c3ccccc3)n2)C(C)C)CC1. The standard InChI is InChI=1S/C35H49N7O6/c1-7-8-18-47-34(46)41-16-14-40(15-17-41)32(44)28(22(2)3)38-31(43)26-19-27(37-30(36-26)23-12-10-9-11-13-23)42-20-24-25(21-42)29(24)39-33(45)48-35(4,5)6/h9-13,19,22,24-25,28-29H,7-8,14-18,20-21H2,1-6H3,(H,38,43)(H,39,45)/t24?,25?,28-,29?/m0/s1. The maximum atomic E-state index is 13.8. The highest BCUT2D eigenvalue weighted by atomic mass is 16.6. The number of carbonyl (C=O) groups is 4. The summed E-state index contributed by atoms with van der Waals surface area (Å²) >= 11 is 0. The summed E-state index contributed by atoms with van der Waals surface area (Å²) in [4.78, 5) is 67.1. The number of unbranched alkanes of at least 4 members (excludes halogenated alkanes) is 1. The molecule has 2 saturated heterocycles. The zero-order chi connectivity index (χ0) is 34.6. The first kappa shape index (κ1) is 34.9. The fraction of sp³-hybridized carbons (Fsp3) is 0.600. The van der Waals surface area contributed by atoms with E-state index in [0.717, 1.165) is 18.4 Å². The van der Waals surface area contributed by atoms with Crippen LogP contribution in [0.2, 0.25) is 0 Å². The maximum absolute atomic E-state index is 13.8. The van der Waals surface area contributed by atoms with Crippen LogP contribution < -0.4 is 15.5 Å². The Labute approximate surface area is 282 Å². The Morgan fingerprint density at radius 3 is 2.21 bits per heavy atom. The number of aromatic nitrogens is 2. The third-order valence-electron chi connectivity index (χ3n) is 8.97. The van der Waals surface area contributed by atoms with E-state index in [9.17, 15) is 19.2 Å². The van der Waals surface area contributed by atoms with Crippen LogP contribution in [0.15, 0.2) is 36.4 Å². The number of rotatable bonds is 10. The molecule has 2 aromatic rings. The number of piperidine rings is 1. The zero-order valence-corrected chi connectivity index (χ0v) is 28.9. The van der Waals surface area contributed by atoms with E-state index in [2.05, 4.69) is 20.5 Å². The van der Waals surface area contributed by atoms with Gasteiger partial charge in [-0.2, -0.15) is 0 Å². The lowest BCUT2D eigenvalue weighted by molar-refractivity contribution is -0.136. The van der Waals surface area contributed by atoms with Crippen molar-refractivity contribution in [2.75, 3.05) is 50.8 Å². The number of nitrogens with zero attached hydrogens (tertiary/aromatic N) is 5. The van der Waals surface area contributed by atoms with E-state index in [1.54, 1.807) is 15.9 Å². The van der Waals surface area contributed by atoms with Gasteiger partial charge < -0.3 is 34.8 Å². The van der Waals surface area contributed by atoms with Gasteiger partial charge in [-0.05, 0) is 33.1 Å². The fourth-order valence-electron chi connectivity index (χ4n) is 6.23. The summed E-state index contributed by atoms with van der Waals surface area (Å²) in [7, 11) is 0. The predicted octanol–water partition coefficient (Wildman–Crippen LogP) is 3.94. The molecule has 0 radical (unpaired) electrons. The summed E-state index contributed by atoms with van der Waals surface area (Å²) in [5.74, 6) is 0.697. The van der Waals surface area contributed by atoms with Gasteiger partial charge in [0.05, 0.1) is 6.61 Å². The topological polar surface area (TPSA) is 146 Å². The summed E-state index contributed by atoms with van der Waals surface area (Å²) in [6.45, 7) is 14.5. The molecule has 1 aromatic heterocycles. The van der Waals surface area contributed by atoms with Gasteiger partial charge in [0.15, 0.2) is 5.82 Å². The molecule has 3 fully saturated rings. The Kier molecular flexibility index (Phi) is 10.7. The number of amides is 4. The second-order valence-corrected chi connectivity index (χ2v) is 14.2. The number of anilines is 1. The van der Waals surface area contributed by atoms with Crippen LogP contribution >= 0.6 is 0 Å². The Hall–Kier alpha value is -4.42. The molecule has 0 spiro atoms. The summed E-state index contributed by atoms with van der Waals surface area (Å²) in [5, 5.41) is 5.95. The second kappa shape index (κ2) is 14.8. The minimum atomic E-state index is -0.779. The van der Waals surface area contributed by atoms with Crippen LogP contribution in [0.3, 0.4) is 0 Å². The van der Waals surface area contributed by atoms with Crippen LogP contribution in [0.1, 0.15) is 64.9 Å². The molecule has 0 bridgehead atoms. The number of hydrogen-bond acceptors (Lipinski definition) is 9. The number of alkyl carbamates (subject to hydrolysis) is 1. The molecule has 1 aromatic carbocycles. The van der Waals surface area contributed by atoms with Crippen molar-refractivity contribution in [3.63, 3.8) is 0 Å². The molecule has 2 aliphatic heterocycles. The van der Waals surface area contributed by atoms with Crippen molar-refractivity contribution in [1.82, 2.24) is 30.4 Å². The van der Waals surface area contributed by atoms with Crippen molar-refractivity contribution in [3.8, 4) is 11.4 Å². The smallest absolute Gasteiger partial charge is 0.409 e. The molecular weight excluding hydrogens is 614 g/mol. The van der Waals surface area contributed by atoms with Gasteiger partial charge in [0, 0.05) is 68.8 Å². The van der Waals surface area contributed by atoms with E-state index < -0.39 is 23.6 Å². The lowest BCUT2D eigenvalue weighted by Crippen LogP contribution is -2.57. The average Bonchev–Trinajstić information content (AvgIpc) is 3.46. The first-order valence-electron chi connectivity index (χ1n) is 17.0. The highest BCUT2D eigenvalue weighted by Crippen LogP contribution is 2.46. The van der Waals surface area contributed by atoms with Gasteiger partial charge in [-0.1, -0.05) is 57.5 Å². The molecule has 1 saturated carbocycles. The molecule has 260 valence electrons. The Bertz CT molecular complexity index is 1460. The van der Waals surface area contributed by atoms with Gasteiger partial charge in [-0.15, -0.1) is 0 Å². The van der Waals surface area contributed by atoms with Gasteiger partial charge >= 0.3 is 12.2 Å². The van der Waals surface area contributed by atoms with Crippen LogP contribution in [0, 0.1) is 17.8 Å². The normalized spacial score (nSPS) is 21.0. The van der Waals surface area contributed by atoms with Gasteiger partial charge in [0.1, 0.15) is 23.2 Å². The number of nitrogens with one attached hydrogen (secondary N) is 2. The summed E-state index contributed by atoms with van der Waals surface area (Å²) in [5.41, 5.74) is 0.370. The molecule has 3 atom stereocenters. The lowest BCUT2D eigenvalue weighted by atomic mass is 10.0. The first-order chi connectivity index (χ1) is 22.8. The van der Waals surface area contributed by atoms with E-state index in [0.29, 0.717) is 57.5 Å². The summed E-state index contributed by atoms with van der Waals surface area (Å²) < 4.78 is 10.8. The number of hydrogen-bond donors (Lipinski definition) is 2. The third-order valence-corrected chi connectivity index (χ3v) is 8.97. The molecule has 5 rings (SSSR count). The van der Waals surface area contributed by atoms with E-state index in [1.165, 1.54) is 0 Å². The van der Waals surface area contributed by atoms with Gasteiger partial charge in [0.2, 0.25) is 5.91 Å². The van der Waals surface area contributed by atoms with Crippen molar-refractivity contribution in [2.45, 2.75) is 72.1 Å². The minimum Gasteiger partial charge on any atom is -0.449 e. The summed E-state index contributed by atoms with van der Waals surface area (Å²) in [6, 6.07) is 10.4. The van der Waals surface area contributed by atoms with E-state index in [-0.39, 0.29) is 41.5 Å². The Morgan fingerprint density at radius 1 is 0.958 bits per heavy atom. The van der Waals surface area contributed by atoms with Crippen molar-refractivity contribution >= 4 is 29.8 Å². The van der Waals surface area contributed by atoms with E-state index in [1.807, 2.05) is 71.9 Å². The van der Waals surface area contributed by atoms with Crippen LogP contribution in [0.5, 0.6) is 0 Å². The van der Waals surface area contributed by atoms with Crippen molar-refractivity contribution in [2.24, 2.45) is 17.8 Å². The number of benzene rings is 1. The molecule has 3 aliphatic rings. The highest BCUT2D eigenvalue weighted by Gasteiger charge is 2.57. The monoisotopic (exact) mass is 663 g/mol. The Balaban J connectivity index is 1.26. The number of ether oxygens (including phenoxy) is 2. The van der Waals surface area contributed by atoms with Crippen molar-refractivity contribution in [3.05, 3.63) is 42.1 Å². The van der Waals surface area contributed by atoms with Gasteiger partial charge in [-0.3, -0.25) is 9.59 Å². The first-order valence-corrected chi connectivity index (χ1v) is 17.0. The highest BCUT2D eigenvalue weighted by molar-refractivity contribution is 5.97. The molecule has 13 nitrogen and oxygen atoms in total. The summed E-state index contributed by atoms with van der Waals surface area (Å²) in [6.07, 6.45) is 0.981. The van der Waals surface area contributed by atoms with E-state index >= 15 is 0 Å². The van der Waals surface area contributed by atoms with Crippen LogP contribution in [-0.4, -0.2) is 107 Å². The van der Waals surface area contributed by atoms with Gasteiger partial charge in [-0.25, -0.2) is 19.6 Å². The third kappa shape index (κ3) is 8.53. The lowest BCUT2D eigenvalue weighted by Gasteiger charge is -2.36. The molecule has 2 unspecified atom stereocenters. The molecule has 48 heavy (non-hydrogen) atoms. The molecular formula is C35H49N7O6. The molecule has 1 aliphatic carbocycles. The fourth-order valence-corrected chi connectivity index (χ4v) is 6.23. The number of carbonyl (C=O) groups excluding carboxylic acids is 4. The predicted molar refractivity (Wildman–Crippen MR) is 180 cm³/mol. The molecule has 13 heteroatoms. The van der Waals surface area contributed by atoms with Crippen molar-refractivity contribution < 1.29 is 28.7 Å². The quantitative estimate of drug-likeness (QED) is 0.361. The second-order valence-electron chi connectivity index (χ2n) is 14.2. The maximum Gasteiger partial charge on any atom is 0.409 e. The zero-order valence-electron chi connectivity index (χ0n) is 28.9. The van der Waals surface area contributed by atoms with Crippen LogP contribution in [-0.2, 0) is 14.3 Å². The van der Waals surface area contributed by atoms with Crippen LogP contribution in [0.4, 0.5) is 15.4 Å². The average molecular weight is 664 g/mol. The van der Waals surface area contributed by atoms with E-state index in [4.69, 9.17) is 14.5 Å². The largest absolute Gasteiger partial charge is 0.449 e. The van der Waals surface area contributed by atoms with Crippen molar-refractivity contribution in [1.29, 1.82) is 0 Å². The Morgan fingerprint density at radius 2 is 1.60 bits per heavy atom. The number of piperazine rings is 1. The molecule has 2 N–H and O–H groups in total. The van der Waals surface area contributed by atoms with Gasteiger partial charge in [0.25, 0.3) is 5.91 Å².